The zero-order valence-electron chi connectivity index (χ0n) is 18.1. The minimum absolute atomic E-state index is 0.0537. The van der Waals surface area contributed by atoms with E-state index in [9.17, 15) is 9.59 Å². The number of pyridine rings is 1. The number of hydrogen-bond donors (Lipinski definition) is 0. The lowest BCUT2D eigenvalue weighted by molar-refractivity contribution is -0.135. The summed E-state index contributed by atoms with van der Waals surface area (Å²) in [6.07, 6.45) is 3.74. The number of carbonyl (C=O) groups is 2. The number of amides is 3. The molecule has 7 heteroatoms. The van der Waals surface area contributed by atoms with Crippen LogP contribution < -0.4 is 0 Å². The van der Waals surface area contributed by atoms with Gasteiger partial charge in [0.15, 0.2) is 0 Å². The number of nitrogens with zero attached hydrogens (tertiary/aromatic N) is 4. The van der Waals surface area contributed by atoms with Crippen molar-refractivity contribution >= 4 is 11.9 Å². The molecule has 1 spiro atoms. The van der Waals surface area contributed by atoms with Gasteiger partial charge in [-0.1, -0.05) is 36.4 Å². The second kappa shape index (κ2) is 9.58. The molecule has 0 unspecified atom stereocenters. The van der Waals surface area contributed by atoms with E-state index in [1.54, 1.807) is 18.2 Å². The van der Waals surface area contributed by atoms with Gasteiger partial charge in [-0.2, -0.15) is 0 Å². The van der Waals surface area contributed by atoms with Crippen LogP contribution in [-0.2, 0) is 22.5 Å². The Hall–Kier alpha value is -2.77. The SMILES string of the molecule is COCCN1C(=O)N(CCc2ccccc2)C(=O)C12CCN(Cc1ccccn1)CC2. The summed E-state index contributed by atoms with van der Waals surface area (Å²) in [5, 5.41) is 0. The Kier molecular flexibility index (Phi) is 6.63. The number of benzene rings is 1. The second-order valence-corrected chi connectivity index (χ2v) is 8.25. The quantitative estimate of drug-likeness (QED) is 0.612. The van der Waals surface area contributed by atoms with Crippen LogP contribution in [-0.4, -0.2) is 77.1 Å². The second-order valence-electron chi connectivity index (χ2n) is 8.25. The first-order chi connectivity index (χ1) is 15.1. The van der Waals surface area contributed by atoms with Crippen molar-refractivity contribution in [1.29, 1.82) is 0 Å². The number of likely N-dealkylation sites (tertiary alicyclic amines) is 1. The molecule has 0 saturated carbocycles. The highest BCUT2D eigenvalue weighted by atomic mass is 16.5. The van der Waals surface area contributed by atoms with Gasteiger partial charge in [0.25, 0.3) is 5.91 Å². The zero-order valence-corrected chi connectivity index (χ0v) is 18.1. The van der Waals surface area contributed by atoms with Crippen LogP contribution in [0, 0.1) is 0 Å². The van der Waals surface area contributed by atoms with E-state index in [0.29, 0.717) is 39.0 Å². The molecule has 1 aromatic carbocycles. The summed E-state index contributed by atoms with van der Waals surface area (Å²) < 4.78 is 5.24. The zero-order chi connectivity index (χ0) is 21.7. The molecule has 31 heavy (non-hydrogen) atoms. The molecule has 3 heterocycles. The number of imide groups is 1. The third-order valence-corrected chi connectivity index (χ3v) is 6.40. The van der Waals surface area contributed by atoms with E-state index in [0.717, 1.165) is 30.9 Å². The highest BCUT2D eigenvalue weighted by Gasteiger charge is 2.57. The molecule has 2 fully saturated rings. The van der Waals surface area contributed by atoms with Crippen molar-refractivity contribution in [3.05, 3.63) is 66.0 Å². The van der Waals surface area contributed by atoms with Gasteiger partial charge in [-0.05, 0) is 37.0 Å². The van der Waals surface area contributed by atoms with Crippen LogP contribution >= 0.6 is 0 Å². The molecule has 4 rings (SSSR count). The van der Waals surface area contributed by atoms with Gasteiger partial charge in [0.2, 0.25) is 0 Å². The normalized spacial score (nSPS) is 18.9. The van der Waals surface area contributed by atoms with Crippen molar-refractivity contribution < 1.29 is 14.3 Å². The number of rotatable bonds is 8. The summed E-state index contributed by atoms with van der Waals surface area (Å²) in [6.45, 7) is 3.53. The summed E-state index contributed by atoms with van der Waals surface area (Å²) in [4.78, 5) is 36.7. The summed E-state index contributed by atoms with van der Waals surface area (Å²) in [5.74, 6) is -0.0537. The number of hydrogen-bond acceptors (Lipinski definition) is 5. The first kappa shape index (κ1) is 21.5. The van der Waals surface area contributed by atoms with E-state index >= 15 is 0 Å². The Labute approximate surface area is 183 Å². The lowest BCUT2D eigenvalue weighted by Crippen LogP contribution is -2.57. The minimum Gasteiger partial charge on any atom is -0.383 e. The van der Waals surface area contributed by atoms with Gasteiger partial charge < -0.3 is 9.64 Å². The molecule has 0 bridgehead atoms. The lowest BCUT2D eigenvalue weighted by Gasteiger charge is -2.42. The van der Waals surface area contributed by atoms with Crippen LogP contribution in [0.15, 0.2) is 54.7 Å². The molecule has 0 N–H and O–H groups in total. The van der Waals surface area contributed by atoms with Gasteiger partial charge in [0.05, 0.1) is 12.3 Å². The first-order valence-electron chi connectivity index (χ1n) is 10.9. The van der Waals surface area contributed by atoms with Crippen molar-refractivity contribution in [2.24, 2.45) is 0 Å². The highest BCUT2D eigenvalue weighted by Crippen LogP contribution is 2.37. The molecule has 1 aromatic heterocycles. The molecule has 0 radical (unpaired) electrons. The van der Waals surface area contributed by atoms with Gasteiger partial charge in [0.1, 0.15) is 5.54 Å². The molecule has 0 atom stereocenters. The maximum Gasteiger partial charge on any atom is 0.327 e. The Morgan fingerprint density at radius 2 is 1.74 bits per heavy atom. The van der Waals surface area contributed by atoms with E-state index in [1.165, 1.54) is 4.90 Å². The lowest BCUT2D eigenvalue weighted by atomic mass is 9.85. The van der Waals surface area contributed by atoms with E-state index in [1.807, 2.05) is 48.5 Å². The third kappa shape index (κ3) is 4.48. The van der Waals surface area contributed by atoms with Crippen molar-refractivity contribution in [2.75, 3.05) is 39.9 Å². The maximum atomic E-state index is 13.5. The number of aromatic nitrogens is 1. The Balaban J connectivity index is 1.46. The van der Waals surface area contributed by atoms with Crippen LogP contribution in [0.1, 0.15) is 24.1 Å². The molecule has 2 aliphatic rings. The fourth-order valence-electron chi connectivity index (χ4n) is 4.64. The molecule has 2 saturated heterocycles. The Morgan fingerprint density at radius 1 is 1.00 bits per heavy atom. The monoisotopic (exact) mass is 422 g/mol. The minimum atomic E-state index is -0.757. The standard InChI is InChI=1S/C24H30N4O3/c1-31-18-17-28-23(30)27(14-10-20-7-3-2-4-8-20)22(29)24(28)11-15-26(16-12-24)19-21-9-5-6-13-25-21/h2-9,13H,10-12,14-19H2,1H3. The van der Waals surface area contributed by atoms with E-state index < -0.39 is 5.54 Å². The molecular formula is C24H30N4O3. The van der Waals surface area contributed by atoms with Gasteiger partial charge in [0, 0.05) is 46.0 Å². The van der Waals surface area contributed by atoms with Crippen molar-refractivity contribution in [3.8, 4) is 0 Å². The number of carbonyl (C=O) groups excluding carboxylic acids is 2. The Morgan fingerprint density at radius 3 is 2.42 bits per heavy atom. The topological polar surface area (TPSA) is 66.0 Å². The van der Waals surface area contributed by atoms with Gasteiger partial charge >= 0.3 is 6.03 Å². The summed E-state index contributed by atoms with van der Waals surface area (Å²) >= 11 is 0. The molecule has 0 aliphatic carbocycles. The molecular weight excluding hydrogens is 392 g/mol. The first-order valence-corrected chi connectivity index (χ1v) is 10.9. The highest BCUT2D eigenvalue weighted by molar-refractivity contribution is 6.07. The average Bonchev–Trinajstić information content (AvgIpc) is 2.99. The van der Waals surface area contributed by atoms with E-state index in [4.69, 9.17) is 4.74 Å². The van der Waals surface area contributed by atoms with Crippen molar-refractivity contribution in [3.63, 3.8) is 0 Å². The summed E-state index contributed by atoms with van der Waals surface area (Å²) in [7, 11) is 1.62. The molecule has 7 nitrogen and oxygen atoms in total. The fourth-order valence-corrected chi connectivity index (χ4v) is 4.64. The van der Waals surface area contributed by atoms with Gasteiger partial charge in [-0.15, -0.1) is 0 Å². The van der Waals surface area contributed by atoms with Crippen LogP contribution in [0.2, 0.25) is 0 Å². The maximum absolute atomic E-state index is 13.5. The largest absolute Gasteiger partial charge is 0.383 e. The summed E-state index contributed by atoms with van der Waals surface area (Å²) in [6, 6.07) is 15.7. The van der Waals surface area contributed by atoms with E-state index in [-0.39, 0.29) is 11.9 Å². The van der Waals surface area contributed by atoms with E-state index in [2.05, 4.69) is 9.88 Å². The van der Waals surface area contributed by atoms with Crippen LogP contribution in [0.4, 0.5) is 4.79 Å². The number of ether oxygens (including phenoxy) is 1. The van der Waals surface area contributed by atoms with Crippen LogP contribution in [0.3, 0.4) is 0 Å². The van der Waals surface area contributed by atoms with Gasteiger partial charge in [-0.25, -0.2) is 4.79 Å². The van der Waals surface area contributed by atoms with Gasteiger partial charge in [-0.3, -0.25) is 19.6 Å². The number of methoxy groups -OCH3 is 1. The third-order valence-electron chi connectivity index (χ3n) is 6.40. The molecule has 2 aromatic rings. The fraction of sp³-hybridized carbons (Fsp3) is 0.458. The average molecular weight is 423 g/mol. The molecule has 164 valence electrons. The van der Waals surface area contributed by atoms with Crippen LogP contribution in [0.5, 0.6) is 0 Å². The van der Waals surface area contributed by atoms with Crippen molar-refractivity contribution in [2.45, 2.75) is 31.3 Å². The smallest absolute Gasteiger partial charge is 0.327 e. The van der Waals surface area contributed by atoms with Crippen LogP contribution in [0.25, 0.3) is 0 Å². The Bertz CT molecular complexity index is 882. The number of urea groups is 1. The summed E-state index contributed by atoms with van der Waals surface area (Å²) in [5.41, 5.74) is 1.39. The predicted octanol–water partition coefficient (Wildman–Crippen LogP) is 2.57. The molecule has 2 aliphatic heterocycles. The number of piperidine rings is 1. The van der Waals surface area contributed by atoms with Crippen molar-refractivity contribution in [1.82, 2.24) is 19.7 Å². The molecule has 3 amide bonds. The predicted molar refractivity (Wildman–Crippen MR) is 117 cm³/mol.